The van der Waals surface area contributed by atoms with Gasteiger partial charge in [0, 0.05) is 0 Å². The number of benzene rings is 2. The second kappa shape index (κ2) is 4.34. The van der Waals surface area contributed by atoms with Crippen molar-refractivity contribution >= 4 is 21.5 Å². The molecule has 0 amide bonds. The average Bonchev–Trinajstić information content (AvgIpc) is 2.71. The Morgan fingerprint density at radius 1 is 0.706 bits per heavy atom. The van der Waals surface area contributed by atoms with Crippen molar-refractivity contribution in [2.24, 2.45) is 0 Å². The summed E-state index contributed by atoms with van der Waals surface area (Å²) in [5, 5.41) is 0. The van der Waals surface area contributed by atoms with Crippen LogP contribution in [0.5, 0.6) is 0 Å². The summed E-state index contributed by atoms with van der Waals surface area (Å²) in [6.07, 6.45) is 4.17. The fourth-order valence-corrected chi connectivity index (χ4v) is 2.52. The lowest BCUT2D eigenvalue weighted by Crippen LogP contribution is -1.79. The summed E-state index contributed by atoms with van der Waals surface area (Å²) in [4.78, 5) is 1.88. The minimum absolute atomic E-state index is 1.30. The first-order chi connectivity index (χ1) is 8.42. The molecule has 0 heterocycles. The highest BCUT2D eigenvalue weighted by atomic mass is 79.9. The molecule has 0 radical (unpaired) electrons. The summed E-state index contributed by atoms with van der Waals surface area (Å²) in [5.41, 5.74) is 6.60. The van der Waals surface area contributed by atoms with Crippen LogP contribution in [0.25, 0.3) is 16.7 Å². The van der Waals surface area contributed by atoms with Gasteiger partial charge in [0.15, 0.2) is 0 Å². The Morgan fingerprint density at radius 2 is 1.18 bits per heavy atom. The van der Waals surface area contributed by atoms with Gasteiger partial charge >= 0.3 is 0 Å². The van der Waals surface area contributed by atoms with Crippen LogP contribution in [-0.4, -0.2) is 0 Å². The zero-order chi connectivity index (χ0) is 11.7. The lowest BCUT2D eigenvalue weighted by atomic mass is 10.0. The van der Waals surface area contributed by atoms with Gasteiger partial charge < -0.3 is 0 Å². The first-order valence-corrected chi connectivity index (χ1v) is 6.49. The molecule has 1 aliphatic carbocycles. The first kappa shape index (κ1) is 10.5. The minimum atomic E-state index is 1.30. The maximum absolute atomic E-state index is 3.31. The molecule has 0 spiro atoms. The van der Waals surface area contributed by atoms with Crippen molar-refractivity contribution in [1.29, 1.82) is 0 Å². The van der Waals surface area contributed by atoms with Crippen LogP contribution in [0.15, 0.2) is 65.7 Å². The number of allylic oxidation sites excluding steroid dienone is 2. The lowest BCUT2D eigenvalue weighted by Gasteiger charge is -1.99. The van der Waals surface area contributed by atoms with Crippen LogP contribution in [-0.2, 0) is 0 Å². The van der Waals surface area contributed by atoms with Gasteiger partial charge in [0.2, 0.25) is 0 Å². The van der Waals surface area contributed by atoms with E-state index in [1.54, 1.807) is 0 Å². The van der Waals surface area contributed by atoms with Crippen LogP contribution in [0, 0.1) is 0 Å². The Kier molecular flexibility index (Phi) is 2.69. The van der Waals surface area contributed by atoms with E-state index >= 15 is 0 Å². The molecule has 3 rings (SSSR count). The monoisotopic (exact) mass is 282 g/mol. The Bertz CT molecular complexity index is 573. The third-order valence-electron chi connectivity index (χ3n) is 3.06. The summed E-state index contributed by atoms with van der Waals surface area (Å²) in [6, 6.07) is 17.1. The Balaban J connectivity index is 2.31. The molecule has 0 atom stereocenters. The van der Waals surface area contributed by atoms with Crippen molar-refractivity contribution in [2.75, 3.05) is 0 Å². The third-order valence-corrected chi connectivity index (χ3v) is 3.37. The molecule has 0 aliphatic heterocycles. The predicted molar refractivity (Wildman–Crippen MR) is 77.0 cm³/mol. The number of rotatable bonds is 1. The Labute approximate surface area is 109 Å². The molecule has 0 N–H and O–H groups in total. The zero-order valence-corrected chi connectivity index (χ0v) is 10.8. The highest BCUT2D eigenvalue weighted by molar-refractivity contribution is 9.11. The molecule has 2 aromatic rings. The minimum Gasteiger partial charge on any atom is -0.0616 e. The highest BCUT2D eigenvalue weighted by Crippen LogP contribution is 2.43. The largest absolute Gasteiger partial charge is 0.0616 e. The maximum Gasteiger partial charge on any atom is -0.00988 e. The van der Waals surface area contributed by atoms with E-state index in [1.807, 2.05) is 11.1 Å². The van der Waals surface area contributed by atoms with Gasteiger partial charge in [-0.3, -0.25) is 0 Å². The van der Waals surface area contributed by atoms with Gasteiger partial charge in [0.05, 0.1) is 0 Å². The molecule has 0 unspecified atom stereocenters. The third kappa shape index (κ3) is 1.67. The topological polar surface area (TPSA) is 0 Å². The molecule has 0 saturated heterocycles. The summed E-state index contributed by atoms with van der Waals surface area (Å²) in [6.45, 7) is 0. The number of halogens is 1. The highest BCUT2D eigenvalue weighted by Gasteiger charge is 2.21. The molecule has 0 saturated carbocycles. The van der Waals surface area contributed by atoms with Crippen LogP contribution in [0.2, 0.25) is 0 Å². The van der Waals surface area contributed by atoms with Crippen LogP contribution < -0.4 is 0 Å². The predicted octanol–water partition coefficient (Wildman–Crippen LogP) is 5.01. The van der Waals surface area contributed by atoms with Crippen LogP contribution in [0.4, 0.5) is 0 Å². The van der Waals surface area contributed by atoms with Crippen molar-refractivity contribution < 1.29 is 0 Å². The van der Waals surface area contributed by atoms with Crippen LogP contribution >= 0.6 is 15.9 Å². The molecular formula is C16H11Br. The SMILES string of the molecule is Br/C=C\C=C1c2ccccc2-c2ccccc21. The average molecular weight is 283 g/mol. The van der Waals surface area contributed by atoms with Gasteiger partial charge in [-0.25, -0.2) is 0 Å². The molecule has 0 nitrogen and oxygen atoms in total. The molecule has 0 bridgehead atoms. The quantitative estimate of drug-likeness (QED) is 0.589. The van der Waals surface area contributed by atoms with Crippen molar-refractivity contribution in [3.63, 3.8) is 0 Å². The fourth-order valence-electron chi connectivity index (χ4n) is 2.36. The maximum atomic E-state index is 3.31. The Hall–Kier alpha value is -1.60. The molecule has 1 heteroatoms. The van der Waals surface area contributed by atoms with E-state index in [-0.39, 0.29) is 0 Å². The standard InChI is InChI=1S/C16H11Br/c17-11-5-10-16-14-8-3-1-6-12(14)13-7-2-4-9-15(13)16/h1-11H/b11-5-. The summed E-state index contributed by atoms with van der Waals surface area (Å²) >= 11 is 3.31. The summed E-state index contributed by atoms with van der Waals surface area (Å²) in [7, 11) is 0. The Morgan fingerprint density at radius 3 is 1.65 bits per heavy atom. The summed E-state index contributed by atoms with van der Waals surface area (Å²) in [5.74, 6) is 0. The van der Waals surface area contributed by atoms with Crippen LogP contribution in [0.3, 0.4) is 0 Å². The normalized spacial score (nSPS) is 12.6. The van der Waals surface area contributed by atoms with E-state index in [4.69, 9.17) is 0 Å². The smallest absolute Gasteiger partial charge is 0.00988 e. The molecule has 0 fully saturated rings. The van der Waals surface area contributed by atoms with Crippen molar-refractivity contribution in [3.05, 3.63) is 76.8 Å². The van der Waals surface area contributed by atoms with Gasteiger partial charge in [-0.1, -0.05) is 76.6 Å². The molecular weight excluding hydrogens is 272 g/mol. The van der Waals surface area contributed by atoms with Crippen molar-refractivity contribution in [3.8, 4) is 11.1 Å². The second-order valence-electron chi connectivity index (χ2n) is 3.99. The number of fused-ring (bicyclic) bond motifs is 3. The second-order valence-corrected chi connectivity index (χ2v) is 4.52. The number of hydrogen-bond acceptors (Lipinski definition) is 0. The molecule has 0 aromatic heterocycles. The van der Waals surface area contributed by atoms with Gasteiger partial charge in [-0.15, -0.1) is 0 Å². The van der Waals surface area contributed by atoms with E-state index in [1.165, 1.54) is 27.8 Å². The molecule has 82 valence electrons. The van der Waals surface area contributed by atoms with E-state index < -0.39 is 0 Å². The van der Waals surface area contributed by atoms with Crippen LogP contribution in [0.1, 0.15) is 11.1 Å². The van der Waals surface area contributed by atoms with Gasteiger partial charge in [-0.2, -0.15) is 0 Å². The molecule has 17 heavy (non-hydrogen) atoms. The molecule has 2 aromatic carbocycles. The lowest BCUT2D eigenvalue weighted by molar-refractivity contribution is 1.65. The van der Waals surface area contributed by atoms with E-state index in [0.717, 1.165) is 0 Å². The van der Waals surface area contributed by atoms with Crippen molar-refractivity contribution in [2.45, 2.75) is 0 Å². The van der Waals surface area contributed by atoms with Gasteiger partial charge in [0.25, 0.3) is 0 Å². The van der Waals surface area contributed by atoms with E-state index in [0.29, 0.717) is 0 Å². The fraction of sp³-hybridized carbons (Fsp3) is 0. The van der Waals surface area contributed by atoms with E-state index in [2.05, 4.69) is 70.5 Å². The first-order valence-electron chi connectivity index (χ1n) is 5.58. The van der Waals surface area contributed by atoms with Gasteiger partial charge in [-0.05, 0) is 32.8 Å². The van der Waals surface area contributed by atoms with E-state index in [9.17, 15) is 0 Å². The van der Waals surface area contributed by atoms with Gasteiger partial charge in [0.1, 0.15) is 0 Å². The number of hydrogen-bond donors (Lipinski definition) is 0. The zero-order valence-electron chi connectivity index (χ0n) is 9.23. The van der Waals surface area contributed by atoms with Crippen molar-refractivity contribution in [1.82, 2.24) is 0 Å². The summed E-state index contributed by atoms with van der Waals surface area (Å²) < 4.78 is 0. The molecule has 1 aliphatic rings.